The Bertz CT molecular complexity index is 281. The Morgan fingerprint density at radius 3 is 3.00 bits per heavy atom. The van der Waals surface area contributed by atoms with Crippen LogP contribution >= 0.6 is 0 Å². The molecule has 13 heavy (non-hydrogen) atoms. The van der Waals surface area contributed by atoms with Crippen LogP contribution in [-0.2, 0) is 18.4 Å². The second kappa shape index (κ2) is 4.54. The van der Waals surface area contributed by atoms with E-state index in [4.69, 9.17) is 4.74 Å². The van der Waals surface area contributed by atoms with Crippen LogP contribution in [0.3, 0.4) is 0 Å². The fraction of sp³-hybridized carbons (Fsp3) is 0.444. The number of amides is 1. The van der Waals surface area contributed by atoms with Gasteiger partial charge in [0.2, 0.25) is 0 Å². The molecule has 4 nitrogen and oxygen atoms in total. The van der Waals surface area contributed by atoms with E-state index < -0.39 is 0 Å². The van der Waals surface area contributed by atoms with Gasteiger partial charge in [0.1, 0.15) is 6.61 Å². The largest absolute Gasteiger partial charge is 0.443 e. The van der Waals surface area contributed by atoms with Gasteiger partial charge in [0.15, 0.2) is 0 Å². The molecule has 1 amide bonds. The molecule has 1 aromatic rings. The van der Waals surface area contributed by atoms with Crippen LogP contribution in [0, 0.1) is 0 Å². The van der Waals surface area contributed by atoms with Crippen molar-refractivity contribution in [3.8, 4) is 0 Å². The molecule has 72 valence electrons. The van der Waals surface area contributed by atoms with Crippen LogP contribution < -0.4 is 5.32 Å². The van der Waals surface area contributed by atoms with E-state index in [1.54, 1.807) is 0 Å². The smallest absolute Gasteiger partial charge is 0.407 e. The highest BCUT2D eigenvalue weighted by Gasteiger charge is 2.01. The second-order valence-corrected chi connectivity index (χ2v) is 2.72. The highest BCUT2D eigenvalue weighted by Crippen LogP contribution is 2.01. The van der Waals surface area contributed by atoms with Crippen molar-refractivity contribution in [2.75, 3.05) is 6.54 Å². The molecule has 0 unspecified atom stereocenters. The number of hydrogen-bond acceptors (Lipinski definition) is 2. The summed E-state index contributed by atoms with van der Waals surface area (Å²) in [6.45, 7) is 2.76. The fourth-order valence-corrected chi connectivity index (χ4v) is 0.981. The van der Waals surface area contributed by atoms with E-state index in [0.717, 1.165) is 5.69 Å². The van der Waals surface area contributed by atoms with Crippen molar-refractivity contribution in [1.82, 2.24) is 9.88 Å². The molecule has 0 aliphatic heterocycles. The van der Waals surface area contributed by atoms with E-state index in [0.29, 0.717) is 13.2 Å². The van der Waals surface area contributed by atoms with Crippen LogP contribution in [0.4, 0.5) is 4.79 Å². The van der Waals surface area contributed by atoms with Gasteiger partial charge in [-0.2, -0.15) is 0 Å². The average molecular weight is 182 g/mol. The van der Waals surface area contributed by atoms with Crippen molar-refractivity contribution in [3.63, 3.8) is 0 Å². The Morgan fingerprint density at radius 2 is 2.46 bits per heavy atom. The van der Waals surface area contributed by atoms with Crippen LogP contribution in [0.5, 0.6) is 0 Å². The van der Waals surface area contributed by atoms with Crippen molar-refractivity contribution < 1.29 is 9.53 Å². The normalized spacial score (nSPS) is 9.69. The van der Waals surface area contributed by atoms with Crippen molar-refractivity contribution >= 4 is 6.09 Å². The maximum Gasteiger partial charge on any atom is 0.407 e. The lowest BCUT2D eigenvalue weighted by molar-refractivity contribution is 0.138. The average Bonchev–Trinajstić information content (AvgIpc) is 2.48. The Labute approximate surface area is 77.5 Å². The number of nitrogens with zero attached hydrogens (tertiary/aromatic N) is 1. The van der Waals surface area contributed by atoms with Crippen molar-refractivity contribution in [1.29, 1.82) is 0 Å². The van der Waals surface area contributed by atoms with Gasteiger partial charge in [-0.05, 0) is 19.1 Å². The summed E-state index contributed by atoms with van der Waals surface area (Å²) in [6, 6.07) is 3.83. The molecular formula is C9H14N2O2. The highest BCUT2D eigenvalue weighted by molar-refractivity contribution is 5.66. The predicted molar refractivity (Wildman–Crippen MR) is 49.3 cm³/mol. The van der Waals surface area contributed by atoms with E-state index >= 15 is 0 Å². The molecule has 1 N–H and O–H groups in total. The summed E-state index contributed by atoms with van der Waals surface area (Å²) < 4.78 is 6.85. The van der Waals surface area contributed by atoms with Gasteiger partial charge in [-0.1, -0.05) is 0 Å². The Morgan fingerprint density at radius 1 is 1.69 bits per heavy atom. The number of rotatable bonds is 3. The predicted octanol–water partition coefficient (Wildman–Crippen LogP) is 1.27. The van der Waals surface area contributed by atoms with Gasteiger partial charge in [-0.3, -0.25) is 0 Å². The maximum absolute atomic E-state index is 10.9. The minimum atomic E-state index is -0.372. The zero-order valence-corrected chi connectivity index (χ0v) is 7.91. The second-order valence-electron chi connectivity index (χ2n) is 2.72. The van der Waals surface area contributed by atoms with Crippen molar-refractivity contribution in [2.24, 2.45) is 7.05 Å². The molecular weight excluding hydrogens is 168 g/mol. The zero-order valence-electron chi connectivity index (χ0n) is 7.91. The molecule has 0 aromatic carbocycles. The Kier molecular flexibility index (Phi) is 3.37. The van der Waals surface area contributed by atoms with Crippen molar-refractivity contribution in [3.05, 3.63) is 24.0 Å². The van der Waals surface area contributed by atoms with Gasteiger partial charge in [0.05, 0.1) is 5.69 Å². The summed E-state index contributed by atoms with van der Waals surface area (Å²) >= 11 is 0. The Hall–Kier alpha value is -1.45. The number of carbonyl (C=O) groups is 1. The van der Waals surface area contributed by atoms with E-state index in [1.165, 1.54) is 0 Å². The molecule has 0 saturated carbocycles. The molecule has 4 heteroatoms. The summed E-state index contributed by atoms with van der Waals surface area (Å²) in [5.41, 5.74) is 0.978. The van der Waals surface area contributed by atoms with Gasteiger partial charge in [0.25, 0.3) is 0 Å². The minimum Gasteiger partial charge on any atom is -0.443 e. The van der Waals surface area contributed by atoms with Gasteiger partial charge in [-0.25, -0.2) is 4.79 Å². The van der Waals surface area contributed by atoms with Gasteiger partial charge >= 0.3 is 6.09 Å². The van der Waals surface area contributed by atoms with E-state index in [1.807, 2.05) is 36.9 Å². The van der Waals surface area contributed by atoms with Gasteiger partial charge < -0.3 is 14.6 Å². The lowest BCUT2D eigenvalue weighted by atomic mass is 10.4. The summed E-state index contributed by atoms with van der Waals surface area (Å²) in [5.74, 6) is 0. The monoisotopic (exact) mass is 182 g/mol. The highest BCUT2D eigenvalue weighted by atomic mass is 16.5. The molecule has 0 aliphatic carbocycles. The van der Waals surface area contributed by atoms with Crippen molar-refractivity contribution in [2.45, 2.75) is 13.5 Å². The van der Waals surface area contributed by atoms with E-state index in [9.17, 15) is 4.79 Å². The molecule has 0 fully saturated rings. The molecule has 1 aromatic heterocycles. The lowest BCUT2D eigenvalue weighted by Crippen LogP contribution is -2.23. The number of nitrogens with one attached hydrogen (secondary N) is 1. The number of alkyl carbamates (subject to hydrolysis) is 1. The summed E-state index contributed by atoms with van der Waals surface area (Å²) in [4.78, 5) is 10.9. The quantitative estimate of drug-likeness (QED) is 0.765. The number of ether oxygens (including phenoxy) is 1. The van der Waals surface area contributed by atoms with Gasteiger partial charge in [-0.15, -0.1) is 0 Å². The summed E-state index contributed by atoms with van der Waals surface area (Å²) in [6.07, 6.45) is 1.54. The third kappa shape index (κ3) is 2.82. The third-order valence-electron chi connectivity index (χ3n) is 1.72. The summed E-state index contributed by atoms with van der Waals surface area (Å²) in [5, 5.41) is 2.56. The van der Waals surface area contributed by atoms with Crippen LogP contribution in [0.2, 0.25) is 0 Å². The molecule has 0 bridgehead atoms. The molecule has 0 radical (unpaired) electrons. The van der Waals surface area contributed by atoms with Crippen LogP contribution in [0.25, 0.3) is 0 Å². The molecule has 0 atom stereocenters. The zero-order chi connectivity index (χ0) is 9.68. The first-order valence-corrected chi connectivity index (χ1v) is 4.25. The molecule has 0 saturated heterocycles. The number of aryl methyl sites for hydroxylation is 1. The standard InChI is InChI=1S/C9H14N2O2/c1-3-10-9(12)13-7-8-5-4-6-11(8)2/h4-6H,3,7H2,1-2H3,(H,10,12). The van der Waals surface area contributed by atoms with Crippen LogP contribution in [-0.4, -0.2) is 17.2 Å². The first-order chi connectivity index (χ1) is 6.24. The van der Waals surface area contributed by atoms with Crippen LogP contribution in [0.1, 0.15) is 12.6 Å². The van der Waals surface area contributed by atoms with Gasteiger partial charge in [0, 0.05) is 19.8 Å². The van der Waals surface area contributed by atoms with E-state index in [-0.39, 0.29) is 6.09 Å². The third-order valence-corrected chi connectivity index (χ3v) is 1.72. The number of carbonyl (C=O) groups excluding carboxylic acids is 1. The van der Waals surface area contributed by atoms with E-state index in [2.05, 4.69) is 5.32 Å². The maximum atomic E-state index is 10.9. The molecule has 1 rings (SSSR count). The SMILES string of the molecule is CCNC(=O)OCc1cccn1C. The first-order valence-electron chi connectivity index (χ1n) is 4.25. The minimum absolute atomic E-state index is 0.315. The molecule has 0 aliphatic rings. The summed E-state index contributed by atoms with van der Waals surface area (Å²) in [7, 11) is 1.91. The topological polar surface area (TPSA) is 43.3 Å². The first kappa shape index (κ1) is 9.64. The fourth-order valence-electron chi connectivity index (χ4n) is 0.981. The van der Waals surface area contributed by atoms with Crippen LogP contribution in [0.15, 0.2) is 18.3 Å². The number of hydrogen-bond donors (Lipinski definition) is 1. The molecule has 0 spiro atoms. The number of aromatic nitrogens is 1. The molecule has 1 heterocycles. The Balaban J connectivity index is 2.35. The lowest BCUT2D eigenvalue weighted by Gasteiger charge is -2.05.